The lowest BCUT2D eigenvalue weighted by Crippen LogP contribution is -2.43. The molecule has 0 radical (unpaired) electrons. The molecule has 1 N–H and O–H groups in total. The van der Waals surface area contributed by atoms with Gasteiger partial charge in [-0.3, -0.25) is 9.69 Å². The lowest BCUT2D eigenvalue weighted by molar-refractivity contribution is 0.0332. The highest BCUT2D eigenvalue weighted by molar-refractivity contribution is 5.94. The van der Waals surface area contributed by atoms with Crippen molar-refractivity contribution in [3.05, 3.63) is 76.7 Å². The molecule has 1 fully saturated rings. The summed E-state index contributed by atoms with van der Waals surface area (Å²) in [5.41, 5.74) is 3.36. The lowest BCUT2D eigenvalue weighted by Gasteiger charge is -2.31. The van der Waals surface area contributed by atoms with Crippen LogP contribution in [0.2, 0.25) is 0 Å². The van der Waals surface area contributed by atoms with Gasteiger partial charge < -0.3 is 24.1 Å². The zero-order valence-corrected chi connectivity index (χ0v) is 19.9. The molecule has 0 aliphatic carbocycles. The first kappa shape index (κ1) is 23.8. The van der Waals surface area contributed by atoms with Gasteiger partial charge in [0.15, 0.2) is 0 Å². The third-order valence-corrected chi connectivity index (χ3v) is 6.05. The minimum absolute atomic E-state index is 0.133. The number of hydrogen-bond acceptors (Lipinski definition) is 7. The molecule has 1 aliphatic heterocycles. The van der Waals surface area contributed by atoms with E-state index in [4.69, 9.17) is 18.7 Å². The molecule has 2 aromatic carbocycles. The summed E-state index contributed by atoms with van der Waals surface area (Å²) in [6, 6.07) is 14.8. The van der Waals surface area contributed by atoms with Gasteiger partial charge in [-0.15, -0.1) is 0 Å². The first-order chi connectivity index (χ1) is 16.5. The number of methoxy groups -OCH3 is 1. The van der Waals surface area contributed by atoms with Crippen LogP contribution in [0.25, 0.3) is 0 Å². The number of benzene rings is 2. The average Bonchev–Trinajstić information content (AvgIpc) is 3.20. The van der Waals surface area contributed by atoms with Gasteiger partial charge >= 0.3 is 0 Å². The first-order valence-corrected chi connectivity index (χ1v) is 11.4. The molecule has 3 aromatic rings. The van der Waals surface area contributed by atoms with Crippen molar-refractivity contribution in [3.8, 4) is 11.5 Å². The number of carbonyl (C=O) groups is 1. The predicted octanol–water partition coefficient (Wildman–Crippen LogP) is 3.68. The standard InChI is InChI=1S/C26H31N3O5/c1-18-24(19(2)34-28-18)17-33-23-10-6-21(7-11-23)26(30)27-25(16-29-12-14-32-15-13-29)20-4-8-22(31-3)9-5-20/h4-11,25H,12-17H2,1-3H3,(H,27,30)/t25-/m1/s1. The van der Waals surface area contributed by atoms with Crippen molar-refractivity contribution >= 4 is 5.91 Å². The number of aryl methyl sites for hydroxylation is 2. The quantitative estimate of drug-likeness (QED) is 0.516. The Kier molecular flexibility index (Phi) is 7.82. The first-order valence-electron chi connectivity index (χ1n) is 11.4. The smallest absolute Gasteiger partial charge is 0.251 e. The van der Waals surface area contributed by atoms with E-state index < -0.39 is 0 Å². The zero-order chi connectivity index (χ0) is 23.9. The van der Waals surface area contributed by atoms with Crippen LogP contribution in [-0.4, -0.2) is 55.9 Å². The number of nitrogens with one attached hydrogen (secondary N) is 1. The maximum atomic E-state index is 13.1. The predicted molar refractivity (Wildman–Crippen MR) is 127 cm³/mol. The normalized spacial score (nSPS) is 15.0. The molecule has 8 heteroatoms. The Hall–Kier alpha value is -3.36. The second kappa shape index (κ2) is 11.2. The van der Waals surface area contributed by atoms with E-state index in [0.717, 1.165) is 41.4 Å². The van der Waals surface area contributed by atoms with Crippen LogP contribution < -0.4 is 14.8 Å². The summed E-state index contributed by atoms with van der Waals surface area (Å²) >= 11 is 0. The van der Waals surface area contributed by atoms with E-state index in [9.17, 15) is 4.79 Å². The fourth-order valence-corrected chi connectivity index (χ4v) is 3.92. The summed E-state index contributed by atoms with van der Waals surface area (Å²) in [7, 11) is 1.64. The number of morpholine rings is 1. The lowest BCUT2D eigenvalue weighted by atomic mass is 10.0. The molecule has 1 atom stereocenters. The molecule has 0 spiro atoms. The summed E-state index contributed by atoms with van der Waals surface area (Å²) in [6.45, 7) is 7.93. The zero-order valence-electron chi connectivity index (χ0n) is 19.9. The fourth-order valence-electron chi connectivity index (χ4n) is 3.92. The van der Waals surface area contributed by atoms with Crippen LogP contribution in [0.5, 0.6) is 11.5 Å². The van der Waals surface area contributed by atoms with Crippen molar-refractivity contribution in [2.45, 2.75) is 26.5 Å². The van der Waals surface area contributed by atoms with Gasteiger partial charge in [0, 0.05) is 25.2 Å². The number of ether oxygens (including phenoxy) is 3. The summed E-state index contributed by atoms with van der Waals surface area (Å²) in [5, 5.41) is 7.14. The van der Waals surface area contributed by atoms with Gasteiger partial charge in [0.2, 0.25) is 0 Å². The Bertz CT molecular complexity index is 1050. The summed E-state index contributed by atoms with van der Waals surface area (Å²) in [6.07, 6.45) is 0. The second-order valence-corrected chi connectivity index (χ2v) is 8.33. The van der Waals surface area contributed by atoms with Crippen molar-refractivity contribution in [1.82, 2.24) is 15.4 Å². The van der Waals surface area contributed by atoms with Crippen LogP contribution in [0, 0.1) is 13.8 Å². The minimum atomic E-state index is -0.160. The monoisotopic (exact) mass is 465 g/mol. The molecule has 34 heavy (non-hydrogen) atoms. The molecule has 1 amide bonds. The van der Waals surface area contributed by atoms with Crippen molar-refractivity contribution < 1.29 is 23.5 Å². The Labute approximate surface area is 199 Å². The number of nitrogens with zero attached hydrogens (tertiary/aromatic N) is 2. The van der Waals surface area contributed by atoms with Crippen LogP contribution in [0.3, 0.4) is 0 Å². The number of rotatable bonds is 9. The molecule has 1 saturated heterocycles. The molecule has 1 aromatic heterocycles. The summed E-state index contributed by atoms with van der Waals surface area (Å²) < 4.78 is 21.8. The van der Waals surface area contributed by atoms with E-state index in [0.29, 0.717) is 37.7 Å². The van der Waals surface area contributed by atoms with Crippen molar-refractivity contribution in [2.75, 3.05) is 40.0 Å². The highest BCUT2D eigenvalue weighted by atomic mass is 16.5. The molecule has 8 nitrogen and oxygen atoms in total. The van der Waals surface area contributed by atoms with Crippen LogP contribution in [-0.2, 0) is 11.3 Å². The van der Waals surface area contributed by atoms with Gasteiger partial charge in [-0.25, -0.2) is 0 Å². The molecule has 1 aliphatic rings. The van der Waals surface area contributed by atoms with Crippen molar-refractivity contribution in [3.63, 3.8) is 0 Å². The van der Waals surface area contributed by atoms with Crippen molar-refractivity contribution in [2.24, 2.45) is 0 Å². The number of hydrogen-bond donors (Lipinski definition) is 1. The van der Waals surface area contributed by atoms with Crippen LogP contribution >= 0.6 is 0 Å². The maximum absolute atomic E-state index is 13.1. The van der Waals surface area contributed by atoms with Gasteiger partial charge in [-0.2, -0.15) is 0 Å². The van der Waals surface area contributed by atoms with Crippen LogP contribution in [0.4, 0.5) is 0 Å². The Morgan fingerprint density at radius 2 is 1.74 bits per heavy atom. The Morgan fingerprint density at radius 3 is 2.35 bits per heavy atom. The molecule has 0 saturated carbocycles. The van der Waals surface area contributed by atoms with Crippen LogP contribution in [0.15, 0.2) is 53.1 Å². The fraction of sp³-hybridized carbons (Fsp3) is 0.385. The van der Waals surface area contributed by atoms with Gasteiger partial charge in [0.05, 0.1) is 37.6 Å². The van der Waals surface area contributed by atoms with E-state index in [1.54, 1.807) is 31.4 Å². The Morgan fingerprint density at radius 1 is 1.06 bits per heavy atom. The largest absolute Gasteiger partial charge is 0.497 e. The number of carbonyl (C=O) groups excluding carboxylic acids is 1. The summed E-state index contributed by atoms with van der Waals surface area (Å²) in [5.74, 6) is 2.08. The topological polar surface area (TPSA) is 86.1 Å². The molecule has 2 heterocycles. The highest BCUT2D eigenvalue weighted by Gasteiger charge is 2.21. The van der Waals surface area contributed by atoms with Gasteiger partial charge in [-0.05, 0) is 55.8 Å². The van der Waals surface area contributed by atoms with E-state index in [-0.39, 0.29) is 11.9 Å². The molecule has 4 rings (SSSR count). The molecule has 0 bridgehead atoms. The van der Waals surface area contributed by atoms with Crippen molar-refractivity contribution in [1.29, 1.82) is 0 Å². The molecular weight excluding hydrogens is 434 g/mol. The SMILES string of the molecule is COc1ccc([C@@H](CN2CCOCC2)NC(=O)c2ccc(OCc3c(C)noc3C)cc2)cc1. The van der Waals surface area contributed by atoms with Gasteiger partial charge in [-0.1, -0.05) is 17.3 Å². The van der Waals surface area contributed by atoms with E-state index in [2.05, 4.69) is 15.4 Å². The van der Waals surface area contributed by atoms with Gasteiger partial charge in [0.1, 0.15) is 23.9 Å². The van der Waals surface area contributed by atoms with Gasteiger partial charge in [0.25, 0.3) is 5.91 Å². The second-order valence-electron chi connectivity index (χ2n) is 8.33. The summed E-state index contributed by atoms with van der Waals surface area (Å²) in [4.78, 5) is 15.4. The number of aromatic nitrogens is 1. The number of amides is 1. The minimum Gasteiger partial charge on any atom is -0.497 e. The third kappa shape index (κ3) is 5.95. The molecular formula is C26H31N3O5. The van der Waals surface area contributed by atoms with E-state index >= 15 is 0 Å². The van der Waals surface area contributed by atoms with E-state index in [1.807, 2.05) is 38.1 Å². The van der Waals surface area contributed by atoms with Crippen LogP contribution in [0.1, 0.15) is 39.0 Å². The highest BCUT2D eigenvalue weighted by Crippen LogP contribution is 2.21. The van der Waals surface area contributed by atoms with E-state index in [1.165, 1.54) is 0 Å². The molecule has 180 valence electrons. The average molecular weight is 466 g/mol. The molecule has 0 unspecified atom stereocenters. The Balaban J connectivity index is 1.42. The maximum Gasteiger partial charge on any atom is 0.251 e. The third-order valence-electron chi connectivity index (χ3n) is 6.05.